The largest absolute Gasteiger partial charge is 0.479 e. The Morgan fingerprint density at radius 1 is 1.20 bits per heavy atom. The minimum Gasteiger partial charge on any atom is -0.479 e. The van der Waals surface area contributed by atoms with Crippen LogP contribution < -0.4 is 0 Å². The maximum absolute atomic E-state index is 10.9. The highest BCUT2D eigenvalue weighted by Gasteiger charge is 2.35. The Bertz CT molecular complexity index is 306. The van der Waals surface area contributed by atoms with Crippen LogP contribution >= 0.6 is 0 Å². The van der Waals surface area contributed by atoms with Crippen LogP contribution in [0.1, 0.15) is 6.92 Å². The molecule has 0 aromatic rings. The highest BCUT2D eigenvalue weighted by atomic mass is 16.6. The molecule has 0 aromatic carbocycles. The fourth-order valence-electron chi connectivity index (χ4n) is 0.595. The van der Waals surface area contributed by atoms with E-state index in [0.717, 1.165) is 0 Å². The Hall–Kier alpha value is -1.89. The smallest absolute Gasteiger partial charge is 0.348 e. The number of rotatable bonds is 5. The Kier molecular flexibility index (Phi) is 4.46. The summed E-state index contributed by atoms with van der Waals surface area (Å²) >= 11 is 0. The number of esters is 1. The zero-order valence-electron chi connectivity index (χ0n) is 7.84. The van der Waals surface area contributed by atoms with Gasteiger partial charge in [0.25, 0.3) is 0 Å². The van der Waals surface area contributed by atoms with Crippen LogP contribution in [-0.2, 0) is 19.1 Å². The fraction of sp³-hybridized carbons (Fsp3) is 0.375. The molecule has 7 nitrogen and oxygen atoms in total. The van der Waals surface area contributed by atoms with Crippen LogP contribution in [-0.4, -0.2) is 45.4 Å². The Morgan fingerprint density at radius 3 is 1.93 bits per heavy atom. The van der Waals surface area contributed by atoms with Gasteiger partial charge in [-0.25, -0.2) is 14.4 Å². The summed E-state index contributed by atoms with van der Waals surface area (Å²) in [7, 11) is 0. The first kappa shape index (κ1) is 13.1. The molecule has 0 saturated heterocycles. The highest BCUT2D eigenvalue weighted by Crippen LogP contribution is 2.04. The summed E-state index contributed by atoms with van der Waals surface area (Å²) in [6.45, 7) is 4.43. The van der Waals surface area contributed by atoms with Crippen LogP contribution in [0.5, 0.6) is 0 Å². The van der Waals surface area contributed by atoms with E-state index in [0.29, 0.717) is 0 Å². The van der Waals surface area contributed by atoms with Crippen molar-refractivity contribution in [2.24, 2.45) is 0 Å². The second-order valence-corrected chi connectivity index (χ2v) is 2.73. The molecule has 84 valence electrons. The lowest BCUT2D eigenvalue weighted by atomic mass is 10.2. The van der Waals surface area contributed by atoms with Gasteiger partial charge < -0.3 is 20.1 Å². The number of carbonyl (C=O) groups is 3. The van der Waals surface area contributed by atoms with Gasteiger partial charge in [0.2, 0.25) is 6.10 Å². The van der Waals surface area contributed by atoms with Crippen LogP contribution in [0.15, 0.2) is 12.2 Å². The Balaban J connectivity index is 4.70. The molecule has 0 aromatic heterocycles. The predicted octanol–water partition coefficient (Wildman–Crippen LogP) is -0.996. The third-order valence-corrected chi connectivity index (χ3v) is 1.37. The average Bonchev–Trinajstić information content (AvgIpc) is 2.11. The lowest BCUT2D eigenvalue weighted by molar-refractivity contribution is -0.176. The monoisotopic (exact) mass is 218 g/mol. The van der Waals surface area contributed by atoms with E-state index >= 15 is 0 Å². The van der Waals surface area contributed by atoms with Gasteiger partial charge >= 0.3 is 17.9 Å². The summed E-state index contributed by atoms with van der Waals surface area (Å²) in [4.78, 5) is 31.6. The predicted molar refractivity (Wildman–Crippen MR) is 46.0 cm³/mol. The molecule has 0 heterocycles. The van der Waals surface area contributed by atoms with Gasteiger partial charge in [-0.05, 0) is 6.92 Å². The van der Waals surface area contributed by atoms with E-state index in [1.807, 2.05) is 0 Å². The van der Waals surface area contributed by atoms with Crippen molar-refractivity contribution in [3.8, 4) is 0 Å². The van der Waals surface area contributed by atoms with Crippen molar-refractivity contribution in [3.63, 3.8) is 0 Å². The summed E-state index contributed by atoms with van der Waals surface area (Å²) in [6.07, 6.45) is -4.46. The van der Waals surface area contributed by atoms with Crippen LogP contribution in [0.25, 0.3) is 0 Å². The minimum absolute atomic E-state index is 0.0983. The van der Waals surface area contributed by atoms with E-state index in [9.17, 15) is 14.4 Å². The van der Waals surface area contributed by atoms with Gasteiger partial charge in [0.1, 0.15) is 0 Å². The van der Waals surface area contributed by atoms with Crippen LogP contribution in [0.3, 0.4) is 0 Å². The van der Waals surface area contributed by atoms with E-state index in [-0.39, 0.29) is 5.57 Å². The van der Waals surface area contributed by atoms with Crippen LogP contribution in [0.4, 0.5) is 0 Å². The normalized spacial score (nSPS) is 13.7. The van der Waals surface area contributed by atoms with Crippen molar-refractivity contribution in [2.75, 3.05) is 0 Å². The lowest BCUT2D eigenvalue weighted by Gasteiger charge is -2.16. The molecule has 15 heavy (non-hydrogen) atoms. The van der Waals surface area contributed by atoms with Crippen LogP contribution in [0.2, 0.25) is 0 Å². The molecule has 7 heteroatoms. The molecule has 0 aliphatic carbocycles. The Labute approximate surface area is 84.6 Å². The molecule has 3 N–H and O–H groups in total. The third-order valence-electron chi connectivity index (χ3n) is 1.37. The van der Waals surface area contributed by atoms with Gasteiger partial charge in [-0.1, -0.05) is 6.58 Å². The van der Waals surface area contributed by atoms with E-state index in [1.54, 1.807) is 0 Å². The molecule has 0 rings (SSSR count). The number of carbonyl (C=O) groups excluding carboxylic acids is 1. The summed E-state index contributed by atoms with van der Waals surface area (Å²) in [5.41, 5.74) is -0.0983. The molecule has 0 fully saturated rings. The van der Waals surface area contributed by atoms with Crippen molar-refractivity contribution in [1.29, 1.82) is 0 Å². The number of aliphatic hydroxyl groups is 1. The number of aliphatic carboxylic acids is 2. The lowest BCUT2D eigenvalue weighted by Crippen LogP contribution is -2.43. The van der Waals surface area contributed by atoms with Crippen molar-refractivity contribution in [1.82, 2.24) is 0 Å². The zero-order chi connectivity index (χ0) is 12.2. The van der Waals surface area contributed by atoms with Gasteiger partial charge in [-0.3, -0.25) is 0 Å². The minimum atomic E-state index is -2.31. The molecule has 0 radical (unpaired) electrons. The highest BCUT2D eigenvalue weighted by molar-refractivity contribution is 5.91. The average molecular weight is 218 g/mol. The molecule has 0 saturated carbocycles. The second kappa shape index (κ2) is 5.11. The van der Waals surface area contributed by atoms with E-state index in [4.69, 9.17) is 15.3 Å². The first-order chi connectivity index (χ1) is 6.77. The van der Waals surface area contributed by atoms with E-state index < -0.39 is 30.1 Å². The topological polar surface area (TPSA) is 121 Å². The van der Waals surface area contributed by atoms with Gasteiger partial charge in [0.05, 0.1) is 0 Å². The fourth-order valence-corrected chi connectivity index (χ4v) is 0.595. The SMILES string of the molecule is C=C(C)C(=O)OC(C(=O)O)C(O)C(=O)O. The summed E-state index contributed by atoms with van der Waals surface area (Å²) in [5.74, 6) is -4.63. The quantitative estimate of drug-likeness (QED) is 0.399. The van der Waals surface area contributed by atoms with Gasteiger partial charge in [0.15, 0.2) is 6.10 Å². The number of ether oxygens (including phenoxy) is 1. The molecule has 0 aliphatic rings. The number of carboxylic acids is 2. The second-order valence-electron chi connectivity index (χ2n) is 2.73. The first-order valence-electron chi connectivity index (χ1n) is 3.77. The molecule has 2 unspecified atom stereocenters. The number of hydrogen-bond donors (Lipinski definition) is 3. The molecular weight excluding hydrogens is 208 g/mol. The van der Waals surface area contributed by atoms with Crippen molar-refractivity contribution in [2.45, 2.75) is 19.1 Å². The third kappa shape index (κ3) is 3.77. The number of hydrogen-bond acceptors (Lipinski definition) is 5. The molecule has 0 aliphatic heterocycles. The zero-order valence-corrected chi connectivity index (χ0v) is 7.84. The molecule has 0 bridgehead atoms. The maximum Gasteiger partial charge on any atom is 0.348 e. The van der Waals surface area contributed by atoms with Crippen molar-refractivity contribution >= 4 is 17.9 Å². The molecule has 0 spiro atoms. The molecule has 0 amide bonds. The van der Waals surface area contributed by atoms with Crippen molar-refractivity contribution in [3.05, 3.63) is 12.2 Å². The van der Waals surface area contributed by atoms with E-state index in [2.05, 4.69) is 11.3 Å². The Morgan fingerprint density at radius 2 is 1.67 bits per heavy atom. The summed E-state index contributed by atoms with van der Waals surface area (Å²) in [6, 6.07) is 0. The van der Waals surface area contributed by atoms with Gasteiger partial charge in [-0.2, -0.15) is 0 Å². The van der Waals surface area contributed by atoms with Crippen LogP contribution in [0, 0.1) is 0 Å². The standard InChI is InChI=1S/C8H10O7/c1-3(2)8(14)15-5(7(12)13)4(9)6(10)11/h4-5,9H,1H2,2H3,(H,10,11)(H,12,13). The molecule has 2 atom stereocenters. The van der Waals surface area contributed by atoms with Gasteiger partial charge in [0, 0.05) is 5.57 Å². The number of carboxylic acid groups (broad SMARTS) is 2. The summed E-state index contributed by atoms with van der Waals surface area (Å²) in [5, 5.41) is 25.7. The first-order valence-corrected chi connectivity index (χ1v) is 3.77. The number of aliphatic hydroxyl groups excluding tert-OH is 1. The molecular formula is C8H10O7. The maximum atomic E-state index is 10.9. The van der Waals surface area contributed by atoms with Gasteiger partial charge in [-0.15, -0.1) is 0 Å². The van der Waals surface area contributed by atoms with E-state index in [1.165, 1.54) is 6.92 Å². The summed E-state index contributed by atoms with van der Waals surface area (Å²) < 4.78 is 4.23. The van der Waals surface area contributed by atoms with Crippen molar-refractivity contribution < 1.29 is 34.4 Å².